The van der Waals surface area contributed by atoms with Gasteiger partial charge >= 0.3 is 0 Å². The lowest BCUT2D eigenvalue weighted by molar-refractivity contribution is 0.160. The zero-order valence-electron chi connectivity index (χ0n) is 9.75. The third kappa shape index (κ3) is 1.86. The summed E-state index contributed by atoms with van der Waals surface area (Å²) in [4.78, 5) is 0. The zero-order chi connectivity index (χ0) is 12.5. The number of halogens is 1. The van der Waals surface area contributed by atoms with Gasteiger partial charge in [0, 0.05) is 10.9 Å². The maximum atomic E-state index is 10.5. The van der Waals surface area contributed by atoms with Gasteiger partial charge in [0.25, 0.3) is 0 Å². The van der Waals surface area contributed by atoms with Gasteiger partial charge in [-0.05, 0) is 22.8 Å². The van der Waals surface area contributed by atoms with Crippen LogP contribution in [0.1, 0.15) is 28.7 Å². The molecule has 1 N–H and O–H groups in total. The fourth-order valence-corrected chi connectivity index (χ4v) is 2.72. The summed E-state index contributed by atoms with van der Waals surface area (Å²) in [5.74, 6) is -0.0754. The Morgan fingerprint density at radius 1 is 0.889 bits per heavy atom. The average molecular weight is 257 g/mol. The Labute approximate surface area is 111 Å². The van der Waals surface area contributed by atoms with Crippen LogP contribution in [0.4, 0.5) is 0 Å². The normalized spacial score (nSPS) is 21.7. The Kier molecular flexibility index (Phi) is 2.94. The molecule has 18 heavy (non-hydrogen) atoms. The third-order valence-electron chi connectivity index (χ3n) is 3.40. The minimum Gasteiger partial charge on any atom is -0.387 e. The van der Waals surface area contributed by atoms with Crippen molar-refractivity contribution < 1.29 is 5.11 Å². The number of aliphatic hydroxyl groups excluding tert-OH is 1. The highest BCUT2D eigenvalue weighted by atomic mass is 35.5. The van der Waals surface area contributed by atoms with Crippen LogP contribution in [-0.4, -0.2) is 5.11 Å². The van der Waals surface area contributed by atoms with Crippen molar-refractivity contribution in [2.24, 2.45) is 0 Å². The SMILES string of the molecule is O[C@@H]1c2ccccc2C=C[C@@H]1c1ccccc1Cl. The van der Waals surface area contributed by atoms with Gasteiger partial charge in [-0.25, -0.2) is 0 Å². The van der Waals surface area contributed by atoms with E-state index in [1.807, 2.05) is 54.6 Å². The summed E-state index contributed by atoms with van der Waals surface area (Å²) < 4.78 is 0. The van der Waals surface area contributed by atoms with Crippen molar-refractivity contribution in [1.82, 2.24) is 0 Å². The van der Waals surface area contributed by atoms with Crippen molar-refractivity contribution in [2.75, 3.05) is 0 Å². The number of rotatable bonds is 1. The van der Waals surface area contributed by atoms with E-state index in [2.05, 4.69) is 6.08 Å². The minimum absolute atomic E-state index is 0.0754. The molecule has 3 rings (SSSR count). The molecule has 1 aliphatic carbocycles. The third-order valence-corrected chi connectivity index (χ3v) is 3.75. The smallest absolute Gasteiger partial charge is 0.0899 e. The van der Waals surface area contributed by atoms with Crippen LogP contribution < -0.4 is 0 Å². The minimum atomic E-state index is -0.536. The van der Waals surface area contributed by atoms with Gasteiger partial charge in [-0.3, -0.25) is 0 Å². The van der Waals surface area contributed by atoms with Gasteiger partial charge in [0.1, 0.15) is 0 Å². The van der Waals surface area contributed by atoms with Crippen LogP contribution in [-0.2, 0) is 0 Å². The second-order valence-corrected chi connectivity index (χ2v) is 4.89. The Morgan fingerprint density at radius 2 is 1.56 bits per heavy atom. The summed E-state index contributed by atoms with van der Waals surface area (Å²) >= 11 is 6.20. The first-order chi connectivity index (χ1) is 8.77. The van der Waals surface area contributed by atoms with E-state index in [9.17, 15) is 5.11 Å². The molecular weight excluding hydrogens is 244 g/mol. The second-order valence-electron chi connectivity index (χ2n) is 4.48. The summed E-state index contributed by atoms with van der Waals surface area (Å²) in [5.41, 5.74) is 3.01. The molecule has 0 aromatic heterocycles. The molecular formula is C16H13ClO. The van der Waals surface area contributed by atoms with Crippen molar-refractivity contribution in [3.63, 3.8) is 0 Å². The van der Waals surface area contributed by atoms with E-state index in [4.69, 9.17) is 11.6 Å². The van der Waals surface area contributed by atoms with Gasteiger partial charge in [0.05, 0.1) is 6.10 Å². The number of hydrogen-bond donors (Lipinski definition) is 1. The van der Waals surface area contributed by atoms with E-state index in [-0.39, 0.29) is 5.92 Å². The molecule has 2 aromatic rings. The molecule has 0 radical (unpaired) electrons. The van der Waals surface area contributed by atoms with Gasteiger partial charge in [-0.1, -0.05) is 66.2 Å². The molecule has 0 heterocycles. The van der Waals surface area contributed by atoms with Gasteiger partial charge in [0.2, 0.25) is 0 Å². The first-order valence-electron chi connectivity index (χ1n) is 5.97. The van der Waals surface area contributed by atoms with Crippen molar-refractivity contribution in [2.45, 2.75) is 12.0 Å². The van der Waals surface area contributed by atoms with Crippen LogP contribution in [0.3, 0.4) is 0 Å². The van der Waals surface area contributed by atoms with E-state index in [1.165, 1.54) is 0 Å². The molecule has 0 spiro atoms. The number of hydrogen-bond acceptors (Lipinski definition) is 1. The number of aliphatic hydroxyl groups is 1. The standard InChI is InChI=1S/C16H13ClO/c17-15-8-4-3-7-13(15)14-10-9-11-5-1-2-6-12(11)16(14)18/h1-10,14,16,18H/t14-,16-/m1/s1. The summed E-state index contributed by atoms with van der Waals surface area (Å²) in [6.45, 7) is 0. The largest absolute Gasteiger partial charge is 0.387 e. The molecule has 2 heteroatoms. The van der Waals surface area contributed by atoms with Crippen LogP contribution in [0.2, 0.25) is 5.02 Å². The van der Waals surface area contributed by atoms with E-state index < -0.39 is 6.10 Å². The predicted octanol–water partition coefficient (Wildman–Crippen LogP) is 4.18. The second kappa shape index (κ2) is 4.60. The zero-order valence-corrected chi connectivity index (χ0v) is 10.5. The topological polar surface area (TPSA) is 20.2 Å². The van der Waals surface area contributed by atoms with Crippen LogP contribution in [0.15, 0.2) is 54.6 Å². The van der Waals surface area contributed by atoms with E-state index in [1.54, 1.807) is 0 Å². The van der Waals surface area contributed by atoms with Crippen molar-refractivity contribution in [1.29, 1.82) is 0 Å². The lowest BCUT2D eigenvalue weighted by Gasteiger charge is -2.26. The van der Waals surface area contributed by atoms with Crippen molar-refractivity contribution >= 4 is 17.7 Å². The molecule has 0 unspecified atom stereocenters. The summed E-state index contributed by atoms with van der Waals surface area (Å²) in [6.07, 6.45) is 3.54. The monoisotopic (exact) mass is 256 g/mol. The molecule has 0 aliphatic heterocycles. The van der Waals surface area contributed by atoms with Gasteiger partial charge in [0.15, 0.2) is 0 Å². The first-order valence-corrected chi connectivity index (χ1v) is 6.35. The Balaban J connectivity index is 2.06. The van der Waals surface area contributed by atoms with Crippen molar-refractivity contribution in [3.8, 4) is 0 Å². The number of benzene rings is 2. The van der Waals surface area contributed by atoms with E-state index in [0.717, 1.165) is 16.7 Å². The molecule has 0 saturated heterocycles. The molecule has 1 aliphatic rings. The van der Waals surface area contributed by atoms with Crippen LogP contribution in [0, 0.1) is 0 Å². The Morgan fingerprint density at radius 3 is 2.33 bits per heavy atom. The molecule has 2 aromatic carbocycles. The maximum Gasteiger partial charge on any atom is 0.0899 e. The van der Waals surface area contributed by atoms with E-state index >= 15 is 0 Å². The summed E-state index contributed by atoms with van der Waals surface area (Å²) in [7, 11) is 0. The predicted molar refractivity (Wildman–Crippen MR) is 74.6 cm³/mol. The molecule has 1 nitrogen and oxygen atoms in total. The quantitative estimate of drug-likeness (QED) is 0.811. The molecule has 2 atom stereocenters. The van der Waals surface area contributed by atoms with Crippen molar-refractivity contribution in [3.05, 3.63) is 76.3 Å². The molecule has 0 amide bonds. The Hall–Kier alpha value is -1.57. The van der Waals surface area contributed by atoms with Crippen LogP contribution in [0.25, 0.3) is 6.08 Å². The Bertz CT molecular complexity index is 604. The molecule has 90 valence electrons. The fourth-order valence-electron chi connectivity index (χ4n) is 2.46. The number of fused-ring (bicyclic) bond motifs is 1. The fraction of sp³-hybridized carbons (Fsp3) is 0.125. The molecule has 0 bridgehead atoms. The highest BCUT2D eigenvalue weighted by molar-refractivity contribution is 6.31. The molecule has 0 saturated carbocycles. The lowest BCUT2D eigenvalue weighted by atomic mass is 9.83. The molecule has 0 fully saturated rings. The van der Waals surface area contributed by atoms with Crippen LogP contribution in [0.5, 0.6) is 0 Å². The van der Waals surface area contributed by atoms with E-state index in [0.29, 0.717) is 5.02 Å². The average Bonchev–Trinajstić information content (AvgIpc) is 2.41. The highest BCUT2D eigenvalue weighted by Crippen LogP contribution is 2.40. The van der Waals surface area contributed by atoms with Gasteiger partial charge in [-0.2, -0.15) is 0 Å². The maximum absolute atomic E-state index is 10.5. The first kappa shape index (κ1) is 11.5. The summed E-state index contributed by atoms with van der Waals surface area (Å²) in [5, 5.41) is 11.2. The lowest BCUT2D eigenvalue weighted by Crippen LogP contribution is -2.13. The summed E-state index contributed by atoms with van der Waals surface area (Å²) in [6, 6.07) is 15.6. The van der Waals surface area contributed by atoms with Gasteiger partial charge in [-0.15, -0.1) is 0 Å². The van der Waals surface area contributed by atoms with Crippen LogP contribution >= 0.6 is 11.6 Å². The highest BCUT2D eigenvalue weighted by Gasteiger charge is 2.26. The van der Waals surface area contributed by atoms with Gasteiger partial charge < -0.3 is 5.11 Å².